The highest BCUT2D eigenvalue weighted by atomic mass is 32.2. The van der Waals surface area contributed by atoms with Gasteiger partial charge in [0.25, 0.3) is 7.59 Å². The van der Waals surface area contributed by atoms with Gasteiger partial charge in [0.2, 0.25) is 0 Å². The van der Waals surface area contributed by atoms with Crippen LogP contribution in [0.2, 0.25) is 0 Å². The lowest BCUT2D eigenvalue weighted by atomic mass is 10.1. The fourth-order valence-electron chi connectivity index (χ4n) is 3.54. The van der Waals surface area contributed by atoms with E-state index in [4.69, 9.17) is 5.50 Å². The van der Waals surface area contributed by atoms with Gasteiger partial charge in [-0.15, -0.1) is 0 Å². The number of rotatable bonds is 5. The number of hydrogen-bond acceptors (Lipinski definition) is 2. The number of nitrogens with two attached hydrogens (primary N) is 1. The Hall–Kier alpha value is 0.460. The quantitative estimate of drug-likeness (QED) is 0.430. The lowest BCUT2D eigenvalue weighted by Crippen LogP contribution is -2.36. The Bertz CT molecular complexity index is 364. The van der Waals surface area contributed by atoms with E-state index in [-0.39, 0.29) is 0 Å². The predicted molar refractivity (Wildman–Crippen MR) is 97.9 cm³/mol. The summed E-state index contributed by atoms with van der Waals surface area (Å²) >= 11 is 1.83. The summed E-state index contributed by atoms with van der Waals surface area (Å²) in [5, 5.41) is 0.600. The zero-order valence-electron chi connectivity index (χ0n) is 14.4. The molecule has 22 heavy (non-hydrogen) atoms. The maximum absolute atomic E-state index is 13.2. The Morgan fingerprint density at radius 1 is 0.864 bits per heavy atom. The Kier molecular flexibility index (Phi) is 7.75. The van der Waals surface area contributed by atoms with Crippen LogP contribution < -0.4 is 5.50 Å². The summed E-state index contributed by atoms with van der Waals surface area (Å²) in [5.41, 5.74) is 6.33. The molecule has 0 aliphatic heterocycles. The molecule has 1 unspecified atom stereocenters. The molecule has 0 heterocycles. The largest absolute Gasteiger partial charge is 0.290 e. The van der Waals surface area contributed by atoms with Gasteiger partial charge in [-0.2, -0.15) is 4.08 Å². The Morgan fingerprint density at radius 2 is 1.32 bits per heavy atom. The van der Waals surface area contributed by atoms with Gasteiger partial charge >= 0.3 is 0 Å². The van der Waals surface area contributed by atoms with Crippen molar-refractivity contribution in [3.63, 3.8) is 0 Å². The highest BCUT2D eigenvalue weighted by molar-refractivity contribution is 8.02. The molecule has 0 aromatic rings. The van der Waals surface area contributed by atoms with Crippen LogP contribution in [-0.4, -0.2) is 34.1 Å². The van der Waals surface area contributed by atoms with Gasteiger partial charge in [-0.1, -0.05) is 63.3 Å². The first-order valence-corrected chi connectivity index (χ1v) is 11.6. The minimum Gasteiger partial charge on any atom is -0.270 e. The highest BCUT2D eigenvalue weighted by Crippen LogP contribution is 2.53. The standard InChI is InChI=1S/C16H34N3OPS/c1-18(2)21(17,20)19(15-11-7-3-4-8-12-15)22-16-13-9-5-6-10-14-16/h15-16H,3-14H2,1-2H3,(H2,17,20). The van der Waals surface area contributed by atoms with E-state index in [0.29, 0.717) is 11.3 Å². The molecule has 0 radical (unpaired) electrons. The van der Waals surface area contributed by atoms with Gasteiger partial charge in [0.1, 0.15) is 0 Å². The zero-order chi connectivity index (χ0) is 16.0. The third kappa shape index (κ3) is 5.24. The van der Waals surface area contributed by atoms with Crippen molar-refractivity contribution in [3.05, 3.63) is 0 Å². The predicted octanol–water partition coefficient (Wildman–Crippen LogP) is 5.01. The number of nitrogens with zero attached hydrogens (tertiary/aromatic N) is 2. The van der Waals surface area contributed by atoms with E-state index in [1.807, 2.05) is 26.0 Å². The first kappa shape index (κ1) is 18.8. The van der Waals surface area contributed by atoms with Gasteiger partial charge in [-0.05, 0) is 39.8 Å². The minimum absolute atomic E-state index is 0.383. The molecule has 0 bridgehead atoms. The normalized spacial score (nSPS) is 25.9. The van der Waals surface area contributed by atoms with Crippen molar-refractivity contribution >= 4 is 19.5 Å². The molecule has 130 valence electrons. The first-order valence-electron chi connectivity index (χ1n) is 9.04. The van der Waals surface area contributed by atoms with Crippen molar-refractivity contribution in [2.24, 2.45) is 5.50 Å². The van der Waals surface area contributed by atoms with Gasteiger partial charge in [0.05, 0.1) is 0 Å². The van der Waals surface area contributed by atoms with E-state index in [9.17, 15) is 4.57 Å². The maximum atomic E-state index is 13.2. The molecule has 6 heteroatoms. The van der Waals surface area contributed by atoms with Crippen molar-refractivity contribution in [2.75, 3.05) is 14.1 Å². The summed E-state index contributed by atoms with van der Waals surface area (Å²) < 4.78 is 17.1. The smallest absolute Gasteiger partial charge is 0.270 e. The van der Waals surface area contributed by atoms with Gasteiger partial charge in [-0.25, -0.2) is 4.67 Å². The van der Waals surface area contributed by atoms with Crippen LogP contribution in [0.25, 0.3) is 0 Å². The van der Waals surface area contributed by atoms with E-state index in [1.165, 1.54) is 64.2 Å². The molecule has 2 N–H and O–H groups in total. The third-order valence-corrected chi connectivity index (χ3v) is 9.36. The molecule has 1 atom stereocenters. The Balaban J connectivity index is 2.11. The number of hydrogen-bond donors (Lipinski definition) is 1. The summed E-state index contributed by atoms with van der Waals surface area (Å²) in [6.07, 6.45) is 15.3. The van der Waals surface area contributed by atoms with Crippen LogP contribution in [0.4, 0.5) is 0 Å². The van der Waals surface area contributed by atoms with Crippen LogP contribution in [0, 0.1) is 0 Å². The molecule has 0 spiro atoms. The fraction of sp³-hybridized carbons (Fsp3) is 1.00. The van der Waals surface area contributed by atoms with E-state index >= 15 is 0 Å². The second-order valence-corrected chi connectivity index (χ2v) is 11.1. The van der Waals surface area contributed by atoms with Gasteiger partial charge in [0, 0.05) is 11.3 Å². The van der Waals surface area contributed by atoms with Crippen LogP contribution in [0.1, 0.15) is 77.0 Å². The summed E-state index contributed by atoms with van der Waals surface area (Å²) in [7, 11) is 0.805. The van der Waals surface area contributed by atoms with Crippen molar-refractivity contribution in [2.45, 2.75) is 88.3 Å². The van der Waals surface area contributed by atoms with Crippen molar-refractivity contribution in [1.29, 1.82) is 0 Å². The average molecular weight is 348 g/mol. The van der Waals surface area contributed by atoms with Crippen LogP contribution in [0.5, 0.6) is 0 Å². The zero-order valence-corrected chi connectivity index (χ0v) is 16.1. The monoisotopic (exact) mass is 347 g/mol. The molecule has 0 saturated heterocycles. The maximum Gasteiger partial charge on any atom is 0.290 e. The second kappa shape index (κ2) is 9.08. The molecule has 2 aliphatic carbocycles. The molecule has 0 amide bonds. The molecular formula is C16H34N3OPS. The topological polar surface area (TPSA) is 49.6 Å². The molecule has 4 nitrogen and oxygen atoms in total. The van der Waals surface area contributed by atoms with Crippen molar-refractivity contribution in [1.82, 2.24) is 8.75 Å². The molecular weight excluding hydrogens is 313 g/mol. The summed E-state index contributed by atoms with van der Waals surface area (Å²) in [6, 6.07) is 0.383. The highest BCUT2D eigenvalue weighted by Gasteiger charge is 2.37. The minimum atomic E-state index is -2.91. The Morgan fingerprint density at radius 3 is 1.77 bits per heavy atom. The van der Waals surface area contributed by atoms with E-state index in [1.54, 1.807) is 4.67 Å². The Labute approximate surface area is 141 Å². The molecule has 0 aromatic carbocycles. The lowest BCUT2D eigenvalue weighted by Gasteiger charge is -2.38. The van der Waals surface area contributed by atoms with E-state index in [0.717, 1.165) is 12.8 Å². The summed E-state index contributed by atoms with van der Waals surface area (Å²) in [6.45, 7) is 0. The van der Waals surface area contributed by atoms with Crippen molar-refractivity contribution in [3.8, 4) is 0 Å². The molecule has 2 rings (SSSR count). The molecule has 2 aliphatic rings. The van der Waals surface area contributed by atoms with Gasteiger partial charge in [-0.3, -0.25) is 10.1 Å². The van der Waals surface area contributed by atoms with Crippen LogP contribution in [-0.2, 0) is 4.57 Å². The second-order valence-electron chi connectivity index (χ2n) is 7.10. The first-order chi connectivity index (χ1) is 10.5. The van der Waals surface area contributed by atoms with Gasteiger partial charge in [0.15, 0.2) is 0 Å². The van der Waals surface area contributed by atoms with Crippen molar-refractivity contribution < 1.29 is 4.57 Å². The van der Waals surface area contributed by atoms with Gasteiger partial charge < -0.3 is 0 Å². The fourth-order valence-corrected chi connectivity index (χ4v) is 7.21. The average Bonchev–Trinajstić information content (AvgIpc) is 2.89. The molecule has 2 fully saturated rings. The third-order valence-electron chi connectivity index (χ3n) is 5.05. The van der Waals surface area contributed by atoms with Crippen LogP contribution >= 0.6 is 19.5 Å². The van der Waals surface area contributed by atoms with Crippen LogP contribution in [0.3, 0.4) is 0 Å². The summed E-state index contributed by atoms with van der Waals surface area (Å²) in [4.78, 5) is 0. The van der Waals surface area contributed by atoms with E-state index in [2.05, 4.69) is 4.08 Å². The van der Waals surface area contributed by atoms with Crippen LogP contribution in [0.15, 0.2) is 0 Å². The molecule has 0 aromatic heterocycles. The SMILES string of the molecule is CN(C)P(N)(=O)N(SC1CCCCCC1)C1CCCCCC1. The summed E-state index contributed by atoms with van der Waals surface area (Å²) in [5.74, 6) is 0. The lowest BCUT2D eigenvalue weighted by molar-refractivity contribution is 0.383. The molecule has 2 saturated carbocycles. The van der Waals surface area contributed by atoms with E-state index < -0.39 is 7.59 Å².